The van der Waals surface area contributed by atoms with Gasteiger partial charge in [-0.25, -0.2) is 13.1 Å². The molecule has 0 bridgehead atoms. The molecule has 0 saturated heterocycles. The van der Waals surface area contributed by atoms with Crippen LogP contribution < -0.4 is 20.1 Å². The summed E-state index contributed by atoms with van der Waals surface area (Å²) in [4.78, 5) is 19.6. The summed E-state index contributed by atoms with van der Waals surface area (Å²) in [5.74, 6) is 0.143. The van der Waals surface area contributed by atoms with E-state index in [-0.39, 0.29) is 4.90 Å². The third-order valence-corrected chi connectivity index (χ3v) is 6.38. The third-order valence-electron chi connectivity index (χ3n) is 4.91. The molecule has 0 amide bonds. The van der Waals surface area contributed by atoms with E-state index in [0.29, 0.717) is 17.9 Å². The van der Waals surface area contributed by atoms with Gasteiger partial charge in [-0.1, -0.05) is 12.1 Å². The molecule has 1 aliphatic heterocycles. The van der Waals surface area contributed by atoms with Gasteiger partial charge in [-0.15, -0.1) is 0 Å². The lowest BCUT2D eigenvalue weighted by Crippen LogP contribution is -2.41. The van der Waals surface area contributed by atoms with Gasteiger partial charge in [0.25, 0.3) is 0 Å². The van der Waals surface area contributed by atoms with Gasteiger partial charge < -0.3 is 20.5 Å². The van der Waals surface area contributed by atoms with Crippen LogP contribution in [0.1, 0.15) is 37.3 Å². The van der Waals surface area contributed by atoms with Crippen LogP contribution in [0.15, 0.2) is 58.7 Å². The Kier molecular flexibility index (Phi) is 9.02. The number of aliphatic carboxylic acids is 1. The lowest BCUT2D eigenvalue weighted by Gasteiger charge is -2.17. The van der Waals surface area contributed by atoms with Crippen molar-refractivity contribution < 1.29 is 23.1 Å². The van der Waals surface area contributed by atoms with E-state index < -0.39 is 28.5 Å². The quantitative estimate of drug-likeness (QED) is 0.340. The molecular weight excluding hydrogens is 446 g/mol. The summed E-state index contributed by atoms with van der Waals surface area (Å²) in [5.41, 5.74) is 0.471. The van der Waals surface area contributed by atoms with Crippen molar-refractivity contribution in [2.75, 3.05) is 26.2 Å². The fourth-order valence-corrected chi connectivity index (χ4v) is 4.50. The maximum absolute atomic E-state index is 12.9. The summed E-state index contributed by atoms with van der Waals surface area (Å²) < 4.78 is 34.0. The number of benzene rings is 1. The van der Waals surface area contributed by atoms with Gasteiger partial charge in [0.1, 0.15) is 5.75 Å². The van der Waals surface area contributed by atoms with Crippen LogP contribution in [0.25, 0.3) is 0 Å². The van der Waals surface area contributed by atoms with Crippen LogP contribution in [0.5, 0.6) is 5.75 Å². The standard InChI is InChI=1S/C22H29N5O5S/c28-21(29)15-20(17-6-4-9-23-16-17)27-33(30,31)19-8-3-7-18(14-19)32-13-2-1-10-24-22-25-11-5-12-26-22/h3-4,6-9,14,16,20,27H,1-2,5,10-13,15H2,(H,28,29)(H2,24,25,26). The Balaban J connectivity index is 1.53. The smallest absolute Gasteiger partial charge is 0.305 e. The highest BCUT2D eigenvalue weighted by Gasteiger charge is 2.24. The highest BCUT2D eigenvalue weighted by atomic mass is 32.2. The molecule has 11 heteroatoms. The molecule has 0 saturated carbocycles. The third kappa shape index (κ3) is 8.03. The first kappa shape index (κ1) is 24.5. The van der Waals surface area contributed by atoms with E-state index in [4.69, 9.17) is 4.74 Å². The molecular formula is C22H29N5O5S. The summed E-state index contributed by atoms with van der Waals surface area (Å²) in [7, 11) is -3.98. The molecule has 33 heavy (non-hydrogen) atoms. The number of carbonyl (C=O) groups is 1. The number of aliphatic imine (C=N–C) groups is 1. The van der Waals surface area contributed by atoms with Gasteiger partial charge in [-0.2, -0.15) is 0 Å². The lowest BCUT2D eigenvalue weighted by atomic mass is 10.1. The predicted octanol–water partition coefficient (Wildman–Crippen LogP) is 1.67. The normalized spacial score (nSPS) is 14.6. The molecule has 0 aliphatic carbocycles. The highest BCUT2D eigenvalue weighted by molar-refractivity contribution is 7.89. The number of rotatable bonds is 12. The van der Waals surface area contributed by atoms with E-state index in [2.05, 4.69) is 25.3 Å². The maximum Gasteiger partial charge on any atom is 0.305 e. The van der Waals surface area contributed by atoms with E-state index in [1.807, 2.05) is 0 Å². The molecule has 1 aromatic heterocycles. The van der Waals surface area contributed by atoms with Crippen LogP contribution in [0.3, 0.4) is 0 Å². The molecule has 4 N–H and O–H groups in total. The van der Waals surface area contributed by atoms with Crippen molar-refractivity contribution in [2.45, 2.75) is 36.6 Å². The van der Waals surface area contributed by atoms with E-state index in [0.717, 1.165) is 44.9 Å². The van der Waals surface area contributed by atoms with Crippen molar-refractivity contribution in [3.8, 4) is 5.75 Å². The van der Waals surface area contributed by atoms with E-state index in [9.17, 15) is 18.3 Å². The largest absolute Gasteiger partial charge is 0.494 e. The topological polar surface area (TPSA) is 142 Å². The number of nitrogens with one attached hydrogen (secondary N) is 3. The number of carboxylic acids is 1. The van der Waals surface area contributed by atoms with Crippen molar-refractivity contribution >= 4 is 22.0 Å². The zero-order valence-electron chi connectivity index (χ0n) is 18.2. The summed E-state index contributed by atoms with van der Waals surface area (Å²) in [6.45, 7) is 2.98. The molecule has 0 spiro atoms. The first-order valence-electron chi connectivity index (χ1n) is 10.8. The molecule has 1 unspecified atom stereocenters. The van der Waals surface area contributed by atoms with Gasteiger partial charge >= 0.3 is 5.97 Å². The fourth-order valence-electron chi connectivity index (χ4n) is 3.25. The highest BCUT2D eigenvalue weighted by Crippen LogP contribution is 2.22. The van der Waals surface area contributed by atoms with Gasteiger partial charge in [-0.05, 0) is 43.0 Å². The summed E-state index contributed by atoms with van der Waals surface area (Å²) in [6.07, 6.45) is 5.29. The molecule has 1 aromatic carbocycles. The van der Waals surface area contributed by atoms with Crippen LogP contribution in [-0.2, 0) is 14.8 Å². The van der Waals surface area contributed by atoms with E-state index in [1.54, 1.807) is 24.3 Å². The van der Waals surface area contributed by atoms with Crippen molar-refractivity contribution in [3.05, 3.63) is 54.4 Å². The first-order chi connectivity index (χ1) is 15.9. The van der Waals surface area contributed by atoms with Gasteiger partial charge in [-0.3, -0.25) is 14.8 Å². The zero-order chi connectivity index (χ0) is 23.5. The van der Waals surface area contributed by atoms with Crippen LogP contribution in [0, 0.1) is 0 Å². The summed E-state index contributed by atoms with van der Waals surface area (Å²) in [5, 5.41) is 15.6. The first-order valence-corrected chi connectivity index (χ1v) is 12.3. The second-order valence-corrected chi connectivity index (χ2v) is 9.24. The van der Waals surface area contributed by atoms with Gasteiger partial charge in [0.05, 0.1) is 24.0 Å². The number of carboxylic acid groups (broad SMARTS) is 1. The maximum atomic E-state index is 12.9. The minimum atomic E-state index is -3.98. The average Bonchev–Trinajstić information content (AvgIpc) is 2.82. The number of sulfonamides is 1. The van der Waals surface area contributed by atoms with Crippen LogP contribution >= 0.6 is 0 Å². The number of hydrogen-bond donors (Lipinski definition) is 4. The molecule has 1 atom stereocenters. The summed E-state index contributed by atoms with van der Waals surface area (Å²) >= 11 is 0. The molecule has 10 nitrogen and oxygen atoms in total. The Morgan fingerprint density at radius 3 is 2.85 bits per heavy atom. The molecule has 2 aromatic rings. The number of pyridine rings is 1. The average molecular weight is 476 g/mol. The monoisotopic (exact) mass is 475 g/mol. The summed E-state index contributed by atoms with van der Waals surface area (Å²) in [6, 6.07) is 8.47. The van der Waals surface area contributed by atoms with Gasteiger partial charge in [0, 0.05) is 38.1 Å². The van der Waals surface area contributed by atoms with Crippen LogP contribution in [0.2, 0.25) is 0 Å². The van der Waals surface area contributed by atoms with Crippen molar-refractivity contribution in [3.63, 3.8) is 0 Å². The zero-order valence-corrected chi connectivity index (χ0v) is 19.1. The minimum Gasteiger partial charge on any atom is -0.494 e. The van der Waals surface area contributed by atoms with Crippen molar-refractivity contribution in [1.29, 1.82) is 0 Å². The van der Waals surface area contributed by atoms with Gasteiger partial charge in [0.15, 0.2) is 5.96 Å². The number of ether oxygens (including phenoxy) is 1. The Bertz CT molecular complexity index is 1050. The molecule has 2 heterocycles. The Hall–Kier alpha value is -3.18. The molecule has 178 valence electrons. The second-order valence-electron chi connectivity index (χ2n) is 7.53. The van der Waals surface area contributed by atoms with Gasteiger partial charge in [0.2, 0.25) is 10.0 Å². The van der Waals surface area contributed by atoms with E-state index in [1.165, 1.54) is 24.5 Å². The number of aromatic nitrogens is 1. The molecule has 0 radical (unpaired) electrons. The number of hydrogen-bond acceptors (Lipinski definition) is 8. The second kappa shape index (κ2) is 12.2. The Labute approximate surface area is 193 Å². The molecule has 1 aliphatic rings. The van der Waals surface area contributed by atoms with Crippen LogP contribution in [0.4, 0.5) is 0 Å². The number of unbranched alkanes of at least 4 members (excludes halogenated alkanes) is 1. The minimum absolute atomic E-state index is 0.00216. The number of guanidine groups is 1. The van der Waals surface area contributed by atoms with Crippen molar-refractivity contribution in [2.24, 2.45) is 4.99 Å². The fraction of sp³-hybridized carbons (Fsp3) is 0.409. The Morgan fingerprint density at radius 1 is 1.24 bits per heavy atom. The number of nitrogens with zero attached hydrogens (tertiary/aromatic N) is 2. The van der Waals surface area contributed by atoms with Crippen molar-refractivity contribution in [1.82, 2.24) is 20.3 Å². The van der Waals surface area contributed by atoms with Crippen LogP contribution in [-0.4, -0.2) is 56.7 Å². The lowest BCUT2D eigenvalue weighted by molar-refractivity contribution is -0.137. The van der Waals surface area contributed by atoms with E-state index >= 15 is 0 Å². The molecule has 3 rings (SSSR count). The SMILES string of the molecule is O=C(O)CC(NS(=O)(=O)c1cccc(OCCCCNC2=NCCCN2)c1)c1cccnc1. The molecule has 0 fully saturated rings. The predicted molar refractivity (Wildman–Crippen MR) is 124 cm³/mol. The Morgan fingerprint density at radius 2 is 2.12 bits per heavy atom.